The minimum Gasteiger partial charge on any atom is -0.383 e. The zero-order valence-electron chi connectivity index (χ0n) is 12.8. The lowest BCUT2D eigenvalue weighted by Crippen LogP contribution is -2.34. The molecule has 0 aliphatic heterocycles. The lowest BCUT2D eigenvalue weighted by atomic mass is 10.2. The van der Waals surface area contributed by atoms with Crippen molar-refractivity contribution in [3.63, 3.8) is 0 Å². The summed E-state index contributed by atoms with van der Waals surface area (Å²) in [4.78, 5) is 16.2. The van der Waals surface area contributed by atoms with Gasteiger partial charge in [-0.1, -0.05) is 13.8 Å². The number of hydrogen-bond acceptors (Lipinski definition) is 4. The molecule has 0 bridgehead atoms. The van der Waals surface area contributed by atoms with Crippen LogP contribution in [-0.4, -0.2) is 42.3 Å². The van der Waals surface area contributed by atoms with Crippen molar-refractivity contribution in [2.45, 2.75) is 33.4 Å². The van der Waals surface area contributed by atoms with Crippen molar-refractivity contribution in [2.24, 2.45) is 5.92 Å². The largest absolute Gasteiger partial charge is 0.383 e. The number of aromatic nitrogens is 2. The van der Waals surface area contributed by atoms with Crippen LogP contribution in [0.15, 0.2) is 12.5 Å². The number of methoxy groups -OCH3 is 1. The van der Waals surface area contributed by atoms with Gasteiger partial charge < -0.3 is 19.9 Å². The Balaban J connectivity index is 2.53. The molecular weight excluding hydrogens is 256 g/mol. The van der Waals surface area contributed by atoms with E-state index in [-0.39, 0.29) is 11.9 Å². The Bertz CT molecular complexity index is 404. The monoisotopic (exact) mass is 282 g/mol. The van der Waals surface area contributed by atoms with Crippen molar-refractivity contribution in [3.05, 3.63) is 18.2 Å². The van der Waals surface area contributed by atoms with Gasteiger partial charge in [-0.2, -0.15) is 0 Å². The van der Waals surface area contributed by atoms with Gasteiger partial charge in [0.05, 0.1) is 18.6 Å². The number of hydrogen-bond donors (Lipinski definition) is 2. The van der Waals surface area contributed by atoms with Crippen LogP contribution in [0.5, 0.6) is 0 Å². The average molecular weight is 282 g/mol. The number of rotatable bonds is 9. The van der Waals surface area contributed by atoms with Crippen LogP contribution in [0.25, 0.3) is 0 Å². The van der Waals surface area contributed by atoms with Gasteiger partial charge >= 0.3 is 0 Å². The fourth-order valence-electron chi connectivity index (χ4n) is 1.79. The smallest absolute Gasteiger partial charge is 0.242 e. The normalized spacial score (nSPS) is 12.7. The Morgan fingerprint density at radius 1 is 1.45 bits per heavy atom. The molecule has 1 atom stereocenters. The molecule has 0 aromatic carbocycles. The van der Waals surface area contributed by atoms with Gasteiger partial charge in [0, 0.05) is 32.9 Å². The van der Waals surface area contributed by atoms with Crippen LogP contribution in [0.4, 0.5) is 0 Å². The number of amides is 1. The topological polar surface area (TPSA) is 68.2 Å². The molecule has 1 unspecified atom stereocenters. The zero-order chi connectivity index (χ0) is 15.0. The number of ether oxygens (including phenoxy) is 1. The first-order valence-electron chi connectivity index (χ1n) is 7.04. The fourth-order valence-corrected chi connectivity index (χ4v) is 1.79. The second-order valence-electron chi connectivity index (χ2n) is 5.28. The second-order valence-corrected chi connectivity index (χ2v) is 5.28. The first kappa shape index (κ1) is 16.7. The van der Waals surface area contributed by atoms with Crippen LogP contribution < -0.4 is 10.6 Å². The van der Waals surface area contributed by atoms with Crippen LogP contribution in [-0.2, 0) is 16.1 Å². The Morgan fingerprint density at radius 2 is 2.20 bits per heavy atom. The molecule has 114 valence electrons. The molecule has 2 N–H and O–H groups in total. The third-order valence-electron chi connectivity index (χ3n) is 3.02. The Kier molecular flexibility index (Phi) is 7.25. The Labute approximate surface area is 120 Å². The summed E-state index contributed by atoms with van der Waals surface area (Å²) >= 11 is 0. The highest BCUT2D eigenvalue weighted by Gasteiger charge is 2.17. The second kappa shape index (κ2) is 8.71. The SMILES string of the molecule is COCCNCc1cncn1C(C)C(=O)NCC(C)C. The van der Waals surface area contributed by atoms with Gasteiger partial charge in [0.2, 0.25) is 5.91 Å². The highest BCUT2D eigenvalue weighted by atomic mass is 16.5. The highest BCUT2D eigenvalue weighted by Crippen LogP contribution is 2.10. The molecular formula is C14H26N4O2. The molecule has 0 spiro atoms. The standard InChI is InChI=1S/C14H26N4O2/c1-11(2)7-17-14(19)12(3)18-10-16-9-13(18)8-15-5-6-20-4/h9-12,15H,5-8H2,1-4H3,(H,17,19). The van der Waals surface area contributed by atoms with Crippen molar-refractivity contribution >= 4 is 5.91 Å². The van der Waals surface area contributed by atoms with Gasteiger partial charge in [-0.3, -0.25) is 4.79 Å². The number of nitrogens with one attached hydrogen (secondary N) is 2. The maximum Gasteiger partial charge on any atom is 0.242 e. The number of carbonyl (C=O) groups is 1. The van der Waals surface area contributed by atoms with Crippen LogP contribution in [0.3, 0.4) is 0 Å². The van der Waals surface area contributed by atoms with E-state index in [2.05, 4.69) is 29.5 Å². The van der Waals surface area contributed by atoms with Crippen molar-refractivity contribution in [1.29, 1.82) is 0 Å². The van der Waals surface area contributed by atoms with Crippen LogP contribution in [0.2, 0.25) is 0 Å². The van der Waals surface area contributed by atoms with E-state index in [1.807, 2.05) is 11.5 Å². The van der Waals surface area contributed by atoms with E-state index >= 15 is 0 Å². The summed E-state index contributed by atoms with van der Waals surface area (Å²) in [6.07, 6.45) is 3.49. The predicted molar refractivity (Wildman–Crippen MR) is 78.4 cm³/mol. The maximum atomic E-state index is 12.1. The Morgan fingerprint density at radius 3 is 2.85 bits per heavy atom. The Hall–Kier alpha value is -1.40. The average Bonchev–Trinajstić information content (AvgIpc) is 2.88. The van der Waals surface area contributed by atoms with Crippen molar-refractivity contribution in [2.75, 3.05) is 26.8 Å². The zero-order valence-corrected chi connectivity index (χ0v) is 12.8. The van der Waals surface area contributed by atoms with E-state index in [0.29, 0.717) is 25.6 Å². The molecule has 6 heteroatoms. The molecule has 1 aromatic rings. The fraction of sp³-hybridized carbons (Fsp3) is 0.714. The molecule has 0 saturated heterocycles. The van der Waals surface area contributed by atoms with E-state index in [1.165, 1.54) is 0 Å². The quantitative estimate of drug-likeness (QED) is 0.662. The molecule has 0 saturated carbocycles. The summed E-state index contributed by atoms with van der Waals surface area (Å²) in [7, 11) is 1.67. The molecule has 20 heavy (non-hydrogen) atoms. The van der Waals surface area contributed by atoms with E-state index < -0.39 is 0 Å². The number of nitrogens with zero attached hydrogens (tertiary/aromatic N) is 2. The van der Waals surface area contributed by atoms with Crippen molar-refractivity contribution in [3.8, 4) is 0 Å². The van der Waals surface area contributed by atoms with Gasteiger partial charge in [0.25, 0.3) is 0 Å². The van der Waals surface area contributed by atoms with Crippen LogP contribution in [0, 0.1) is 5.92 Å². The molecule has 0 radical (unpaired) electrons. The van der Waals surface area contributed by atoms with Gasteiger partial charge in [-0.05, 0) is 12.8 Å². The van der Waals surface area contributed by atoms with Gasteiger partial charge in [0.1, 0.15) is 6.04 Å². The molecule has 0 aliphatic rings. The first-order valence-corrected chi connectivity index (χ1v) is 7.04. The molecule has 0 aliphatic carbocycles. The number of carbonyl (C=O) groups excluding carboxylic acids is 1. The minimum atomic E-state index is -0.254. The van der Waals surface area contributed by atoms with E-state index in [4.69, 9.17) is 4.74 Å². The van der Waals surface area contributed by atoms with Crippen LogP contribution in [0.1, 0.15) is 32.5 Å². The molecule has 1 rings (SSSR count). The van der Waals surface area contributed by atoms with Gasteiger partial charge in [0.15, 0.2) is 0 Å². The summed E-state index contributed by atoms with van der Waals surface area (Å²) < 4.78 is 6.88. The summed E-state index contributed by atoms with van der Waals surface area (Å²) in [6, 6.07) is -0.254. The van der Waals surface area contributed by atoms with E-state index in [0.717, 1.165) is 12.2 Å². The summed E-state index contributed by atoms with van der Waals surface area (Å²) in [6.45, 7) is 8.84. The number of imidazole rings is 1. The lowest BCUT2D eigenvalue weighted by molar-refractivity contribution is -0.124. The van der Waals surface area contributed by atoms with Gasteiger partial charge in [-0.15, -0.1) is 0 Å². The third-order valence-corrected chi connectivity index (χ3v) is 3.02. The van der Waals surface area contributed by atoms with Crippen LogP contribution >= 0.6 is 0 Å². The lowest BCUT2D eigenvalue weighted by Gasteiger charge is -2.17. The molecule has 6 nitrogen and oxygen atoms in total. The summed E-state index contributed by atoms with van der Waals surface area (Å²) in [5.41, 5.74) is 0.994. The third kappa shape index (κ3) is 5.30. The minimum absolute atomic E-state index is 0.0230. The van der Waals surface area contributed by atoms with Gasteiger partial charge in [-0.25, -0.2) is 4.98 Å². The summed E-state index contributed by atoms with van der Waals surface area (Å²) in [5, 5.41) is 6.20. The van der Waals surface area contributed by atoms with E-state index in [9.17, 15) is 4.79 Å². The van der Waals surface area contributed by atoms with Crippen molar-refractivity contribution < 1.29 is 9.53 Å². The summed E-state index contributed by atoms with van der Waals surface area (Å²) in [5.74, 6) is 0.471. The van der Waals surface area contributed by atoms with E-state index in [1.54, 1.807) is 19.6 Å². The molecule has 1 heterocycles. The molecule has 0 fully saturated rings. The molecule has 1 amide bonds. The molecule has 1 aromatic heterocycles. The predicted octanol–water partition coefficient (Wildman–Crippen LogP) is 0.952. The van der Waals surface area contributed by atoms with Crippen molar-refractivity contribution in [1.82, 2.24) is 20.2 Å². The maximum absolute atomic E-state index is 12.1. The first-order chi connectivity index (χ1) is 9.56. The highest BCUT2D eigenvalue weighted by molar-refractivity contribution is 5.79.